The number of aromatic carboxylic acids is 1. The number of anilines is 1. The summed E-state index contributed by atoms with van der Waals surface area (Å²) in [6, 6.07) is 1.63. The molecule has 7 nitrogen and oxygen atoms in total. The van der Waals surface area contributed by atoms with E-state index in [4.69, 9.17) is 5.11 Å². The van der Waals surface area contributed by atoms with E-state index in [0.717, 1.165) is 6.42 Å². The summed E-state index contributed by atoms with van der Waals surface area (Å²) in [5.41, 5.74) is 0.790. The number of aromatic nitrogens is 1. The number of pyridine rings is 1. The van der Waals surface area contributed by atoms with Gasteiger partial charge in [0.25, 0.3) is 0 Å². The van der Waals surface area contributed by atoms with E-state index in [0.29, 0.717) is 18.8 Å². The minimum atomic E-state index is -1.01. The normalized spacial score (nSPS) is 18.2. The van der Waals surface area contributed by atoms with Crippen LogP contribution in [0, 0.1) is 0 Å². The number of ether oxygens (including phenoxy) is 1. The van der Waals surface area contributed by atoms with Crippen LogP contribution in [0.3, 0.4) is 0 Å². The van der Waals surface area contributed by atoms with Crippen molar-refractivity contribution in [3.8, 4) is 0 Å². The van der Waals surface area contributed by atoms with Gasteiger partial charge in [0.1, 0.15) is 5.56 Å². The number of hydrogen-bond donors (Lipinski definition) is 2. The number of rotatable bonds is 3. The van der Waals surface area contributed by atoms with Gasteiger partial charge in [0.05, 0.1) is 18.8 Å². The van der Waals surface area contributed by atoms with E-state index >= 15 is 0 Å². The van der Waals surface area contributed by atoms with Crippen LogP contribution in [0.1, 0.15) is 16.8 Å². The highest BCUT2D eigenvalue weighted by atomic mass is 16.5. The Balaban J connectivity index is 2.09. The lowest BCUT2D eigenvalue weighted by Gasteiger charge is -2.20. The summed E-state index contributed by atoms with van der Waals surface area (Å²) >= 11 is 0. The molecule has 1 unspecified atom stereocenters. The van der Waals surface area contributed by atoms with E-state index in [1.54, 1.807) is 12.3 Å². The van der Waals surface area contributed by atoms with E-state index in [2.05, 4.69) is 15.0 Å². The predicted molar refractivity (Wildman–Crippen MR) is 67.4 cm³/mol. The van der Waals surface area contributed by atoms with Crippen molar-refractivity contribution in [2.45, 2.75) is 12.5 Å². The maximum atomic E-state index is 11.1. The second-order valence-corrected chi connectivity index (χ2v) is 4.27. The van der Waals surface area contributed by atoms with Gasteiger partial charge in [-0.3, -0.25) is 4.98 Å². The van der Waals surface area contributed by atoms with Gasteiger partial charge in [-0.2, -0.15) is 0 Å². The first kappa shape index (κ1) is 13.1. The average molecular weight is 265 g/mol. The van der Waals surface area contributed by atoms with Crippen LogP contribution >= 0.6 is 0 Å². The van der Waals surface area contributed by atoms with Gasteiger partial charge in [0.2, 0.25) is 0 Å². The van der Waals surface area contributed by atoms with Crippen LogP contribution in [0.15, 0.2) is 18.5 Å². The van der Waals surface area contributed by atoms with E-state index in [1.165, 1.54) is 13.3 Å². The van der Waals surface area contributed by atoms with Crippen LogP contribution < -0.4 is 10.2 Å². The molecule has 0 bridgehead atoms. The number of hydrogen-bond acceptors (Lipinski definition) is 5. The smallest absolute Gasteiger partial charge is 0.407 e. The molecule has 0 aliphatic carbocycles. The first-order valence-corrected chi connectivity index (χ1v) is 5.88. The van der Waals surface area contributed by atoms with Crippen LogP contribution in [0.25, 0.3) is 0 Å². The fraction of sp³-hybridized carbons (Fsp3) is 0.417. The lowest BCUT2D eigenvalue weighted by Crippen LogP contribution is -2.37. The Morgan fingerprint density at radius 2 is 2.37 bits per heavy atom. The summed E-state index contributed by atoms with van der Waals surface area (Å²) in [6.07, 6.45) is 3.16. The highest BCUT2D eigenvalue weighted by Crippen LogP contribution is 2.23. The Kier molecular flexibility index (Phi) is 3.84. The van der Waals surface area contributed by atoms with E-state index < -0.39 is 12.1 Å². The Bertz CT molecular complexity index is 492. The number of nitrogens with zero attached hydrogens (tertiary/aromatic N) is 2. The number of carboxylic acid groups (broad SMARTS) is 1. The summed E-state index contributed by atoms with van der Waals surface area (Å²) in [7, 11) is 1.31. The molecule has 1 aliphatic heterocycles. The molecule has 0 spiro atoms. The molecule has 0 saturated carbocycles. The molecular weight excluding hydrogens is 250 g/mol. The molecule has 7 heteroatoms. The van der Waals surface area contributed by atoms with Crippen molar-refractivity contribution in [3.63, 3.8) is 0 Å². The van der Waals surface area contributed by atoms with Crippen LogP contribution in [-0.2, 0) is 4.74 Å². The second-order valence-electron chi connectivity index (χ2n) is 4.27. The number of carbonyl (C=O) groups is 2. The number of carbonyl (C=O) groups excluding carboxylic acids is 1. The monoisotopic (exact) mass is 265 g/mol. The van der Waals surface area contributed by atoms with Crippen molar-refractivity contribution < 1.29 is 19.4 Å². The molecule has 1 saturated heterocycles. The summed E-state index contributed by atoms with van der Waals surface area (Å²) in [4.78, 5) is 28.0. The quantitative estimate of drug-likeness (QED) is 0.836. The second kappa shape index (κ2) is 5.55. The Morgan fingerprint density at radius 1 is 1.58 bits per heavy atom. The van der Waals surface area contributed by atoms with Gasteiger partial charge in [0.15, 0.2) is 0 Å². The first-order chi connectivity index (χ1) is 9.11. The van der Waals surface area contributed by atoms with Crippen LogP contribution in [-0.4, -0.2) is 48.4 Å². The summed E-state index contributed by atoms with van der Waals surface area (Å²) in [5, 5.41) is 11.8. The molecule has 1 aromatic heterocycles. The number of nitrogens with one attached hydrogen (secondary N) is 1. The van der Waals surface area contributed by atoms with Gasteiger partial charge < -0.3 is 20.1 Å². The number of methoxy groups -OCH3 is 1. The van der Waals surface area contributed by atoms with Gasteiger partial charge in [-0.25, -0.2) is 9.59 Å². The van der Waals surface area contributed by atoms with E-state index in [-0.39, 0.29) is 11.6 Å². The molecular formula is C12H15N3O4. The maximum Gasteiger partial charge on any atom is 0.407 e. The van der Waals surface area contributed by atoms with Crippen LogP contribution in [0.4, 0.5) is 10.5 Å². The molecule has 1 atom stereocenters. The molecule has 1 amide bonds. The van der Waals surface area contributed by atoms with Gasteiger partial charge in [-0.15, -0.1) is 0 Å². The highest BCUT2D eigenvalue weighted by molar-refractivity contribution is 5.94. The minimum Gasteiger partial charge on any atom is -0.478 e. The zero-order chi connectivity index (χ0) is 13.8. The molecule has 0 radical (unpaired) electrons. The molecule has 1 aromatic rings. The van der Waals surface area contributed by atoms with Gasteiger partial charge in [-0.05, 0) is 12.5 Å². The SMILES string of the molecule is COC(=O)NC1CCN(c2ccncc2C(=O)O)C1. The summed E-state index contributed by atoms with van der Waals surface area (Å²) in [6.45, 7) is 1.23. The average Bonchev–Trinajstić information content (AvgIpc) is 2.86. The molecule has 2 rings (SSSR count). The van der Waals surface area contributed by atoms with Crippen molar-refractivity contribution in [3.05, 3.63) is 24.0 Å². The predicted octanol–water partition coefficient (Wildman–Crippen LogP) is 0.714. The molecule has 19 heavy (non-hydrogen) atoms. The van der Waals surface area contributed by atoms with Crippen molar-refractivity contribution in [2.75, 3.05) is 25.1 Å². The third-order valence-corrected chi connectivity index (χ3v) is 3.06. The largest absolute Gasteiger partial charge is 0.478 e. The fourth-order valence-electron chi connectivity index (χ4n) is 2.15. The molecule has 2 heterocycles. The highest BCUT2D eigenvalue weighted by Gasteiger charge is 2.26. The van der Waals surface area contributed by atoms with Crippen LogP contribution in [0.5, 0.6) is 0 Å². The van der Waals surface area contributed by atoms with Crippen LogP contribution in [0.2, 0.25) is 0 Å². The van der Waals surface area contributed by atoms with Gasteiger partial charge >= 0.3 is 12.1 Å². The molecule has 2 N–H and O–H groups in total. The summed E-state index contributed by atoms with van der Waals surface area (Å²) < 4.78 is 4.54. The molecule has 102 valence electrons. The fourth-order valence-corrected chi connectivity index (χ4v) is 2.15. The van der Waals surface area contributed by atoms with Gasteiger partial charge in [-0.1, -0.05) is 0 Å². The standard InChI is InChI=1S/C12H15N3O4/c1-19-12(18)14-8-3-5-15(7-8)10-2-4-13-6-9(10)11(16)17/h2,4,6,8H,3,5,7H2,1H3,(H,14,18)(H,16,17). The Labute approximate surface area is 110 Å². The lowest BCUT2D eigenvalue weighted by atomic mass is 10.2. The minimum absolute atomic E-state index is 0.0396. The Hall–Kier alpha value is -2.31. The van der Waals surface area contributed by atoms with Gasteiger partial charge in [0, 0.05) is 25.5 Å². The topological polar surface area (TPSA) is 91.8 Å². The zero-order valence-electron chi connectivity index (χ0n) is 10.5. The third-order valence-electron chi connectivity index (χ3n) is 3.06. The molecule has 1 aliphatic rings. The number of carboxylic acids is 1. The van der Waals surface area contributed by atoms with Crippen molar-refractivity contribution in [2.24, 2.45) is 0 Å². The third kappa shape index (κ3) is 2.93. The first-order valence-electron chi connectivity index (χ1n) is 5.88. The molecule has 0 aromatic carbocycles. The zero-order valence-corrected chi connectivity index (χ0v) is 10.5. The Morgan fingerprint density at radius 3 is 3.05 bits per heavy atom. The van der Waals surface area contributed by atoms with Crippen molar-refractivity contribution >= 4 is 17.7 Å². The lowest BCUT2D eigenvalue weighted by molar-refractivity contribution is 0.0697. The van der Waals surface area contributed by atoms with Crippen molar-refractivity contribution in [1.29, 1.82) is 0 Å². The van der Waals surface area contributed by atoms with E-state index in [9.17, 15) is 9.59 Å². The summed E-state index contributed by atoms with van der Waals surface area (Å²) in [5.74, 6) is -1.01. The number of amides is 1. The molecule has 1 fully saturated rings. The number of alkyl carbamates (subject to hydrolysis) is 1. The van der Waals surface area contributed by atoms with Crippen molar-refractivity contribution in [1.82, 2.24) is 10.3 Å². The maximum absolute atomic E-state index is 11.1. The van der Waals surface area contributed by atoms with E-state index in [1.807, 2.05) is 4.90 Å².